The molecule has 0 bridgehead atoms. The predicted octanol–water partition coefficient (Wildman–Crippen LogP) is 2.91. The maximum absolute atomic E-state index is 13.7. The van der Waals surface area contributed by atoms with Crippen LogP contribution in [0.3, 0.4) is 0 Å². The molecule has 0 spiro atoms. The van der Waals surface area contributed by atoms with Gasteiger partial charge in [0.05, 0.1) is 0 Å². The monoisotopic (exact) mass is 364 g/mol. The lowest BCUT2D eigenvalue weighted by atomic mass is 10.3. The van der Waals surface area contributed by atoms with Crippen LogP contribution in [-0.4, -0.2) is 23.2 Å². The first-order valence-electron chi connectivity index (χ1n) is 6.85. The van der Waals surface area contributed by atoms with Crippen LogP contribution in [-0.2, 0) is 17.1 Å². The summed E-state index contributed by atoms with van der Waals surface area (Å²) in [7, 11) is -2.14. The lowest BCUT2D eigenvalue weighted by Crippen LogP contribution is -2.14. The molecule has 9 heteroatoms. The maximum atomic E-state index is 13.7. The van der Waals surface area contributed by atoms with Crippen LogP contribution < -0.4 is 4.72 Å². The Kier molecular flexibility index (Phi) is 4.54. The number of hydrogen-bond acceptors (Lipinski definition) is 5. The average molecular weight is 364 g/mol. The predicted molar refractivity (Wildman–Crippen MR) is 88.8 cm³/mol. The van der Waals surface area contributed by atoms with Crippen molar-refractivity contribution in [3.8, 4) is 0 Å². The lowest BCUT2D eigenvalue weighted by molar-refractivity contribution is 0.570. The second-order valence-corrected chi connectivity index (χ2v) is 7.58. The van der Waals surface area contributed by atoms with E-state index in [2.05, 4.69) is 14.9 Å². The molecule has 2 aromatic carbocycles. The Labute approximate surface area is 142 Å². The van der Waals surface area contributed by atoms with E-state index in [9.17, 15) is 12.8 Å². The van der Waals surface area contributed by atoms with E-state index >= 15 is 0 Å². The van der Waals surface area contributed by atoms with Crippen molar-refractivity contribution in [2.75, 3.05) is 4.72 Å². The van der Waals surface area contributed by atoms with Crippen molar-refractivity contribution in [2.24, 2.45) is 7.05 Å². The van der Waals surface area contributed by atoms with Crippen molar-refractivity contribution in [3.63, 3.8) is 0 Å². The van der Waals surface area contributed by atoms with Gasteiger partial charge in [-0.1, -0.05) is 12.1 Å². The zero-order valence-electron chi connectivity index (χ0n) is 12.5. The Morgan fingerprint density at radius 2 is 1.83 bits per heavy atom. The van der Waals surface area contributed by atoms with Crippen molar-refractivity contribution in [1.82, 2.24) is 14.8 Å². The number of rotatable bonds is 5. The van der Waals surface area contributed by atoms with Crippen LogP contribution in [0.1, 0.15) is 0 Å². The van der Waals surface area contributed by atoms with Crippen molar-refractivity contribution in [1.29, 1.82) is 0 Å². The van der Waals surface area contributed by atoms with Crippen molar-refractivity contribution in [2.45, 2.75) is 14.9 Å². The molecular weight excluding hydrogens is 351 g/mol. The summed E-state index contributed by atoms with van der Waals surface area (Å²) in [6.07, 6.45) is 1.60. The molecule has 0 saturated carbocycles. The second kappa shape index (κ2) is 6.62. The molecule has 0 radical (unpaired) electrons. The standard InChI is InChI=1S/C15H13FN4O2S2/c1-20-10-17-18-15(20)23-12-8-6-11(7-9-12)19-24(21,22)14-5-3-2-4-13(14)16/h2-10,19H,1H3. The van der Waals surface area contributed by atoms with Gasteiger partial charge in [0.15, 0.2) is 5.16 Å². The first kappa shape index (κ1) is 16.5. The molecule has 0 aliphatic heterocycles. The number of halogens is 1. The first-order valence-corrected chi connectivity index (χ1v) is 9.15. The van der Waals surface area contributed by atoms with E-state index in [1.807, 2.05) is 7.05 Å². The SMILES string of the molecule is Cn1cnnc1Sc1ccc(NS(=O)(=O)c2ccccc2F)cc1. The molecule has 3 aromatic rings. The fourth-order valence-corrected chi connectivity index (χ4v) is 3.84. The summed E-state index contributed by atoms with van der Waals surface area (Å²) in [5.74, 6) is -0.792. The van der Waals surface area contributed by atoms with Gasteiger partial charge in [-0.05, 0) is 48.2 Å². The van der Waals surface area contributed by atoms with Gasteiger partial charge >= 0.3 is 0 Å². The minimum Gasteiger partial charge on any atom is -0.311 e. The first-order chi connectivity index (χ1) is 11.5. The van der Waals surface area contributed by atoms with E-state index in [0.717, 1.165) is 16.1 Å². The van der Waals surface area contributed by atoms with Gasteiger partial charge in [0, 0.05) is 17.6 Å². The summed E-state index contributed by atoms with van der Waals surface area (Å²) in [6, 6.07) is 11.9. The summed E-state index contributed by atoms with van der Waals surface area (Å²) in [5.41, 5.74) is 0.348. The van der Waals surface area contributed by atoms with Gasteiger partial charge < -0.3 is 4.57 Å². The molecule has 0 fully saturated rings. The largest absolute Gasteiger partial charge is 0.311 e. The Morgan fingerprint density at radius 3 is 2.46 bits per heavy atom. The number of benzene rings is 2. The van der Waals surface area contributed by atoms with E-state index in [1.165, 1.54) is 30.0 Å². The van der Waals surface area contributed by atoms with Gasteiger partial charge in [-0.15, -0.1) is 10.2 Å². The third-order valence-corrected chi connectivity index (χ3v) is 5.59. The average Bonchev–Trinajstić information content (AvgIpc) is 2.94. The number of aromatic nitrogens is 3. The molecule has 1 aromatic heterocycles. The molecule has 1 N–H and O–H groups in total. The molecule has 0 unspecified atom stereocenters. The maximum Gasteiger partial charge on any atom is 0.264 e. The summed E-state index contributed by atoms with van der Waals surface area (Å²) in [5, 5.41) is 8.47. The molecule has 0 aliphatic rings. The molecular formula is C15H13FN4O2S2. The quantitative estimate of drug-likeness (QED) is 0.753. The van der Waals surface area contributed by atoms with Crippen LogP contribution in [0.4, 0.5) is 10.1 Å². The van der Waals surface area contributed by atoms with E-state index in [4.69, 9.17) is 0 Å². The van der Waals surface area contributed by atoms with Gasteiger partial charge in [-0.2, -0.15) is 0 Å². The molecule has 0 atom stereocenters. The van der Waals surface area contributed by atoms with Crippen LogP contribution in [0.15, 0.2) is 69.8 Å². The zero-order valence-corrected chi connectivity index (χ0v) is 14.2. The lowest BCUT2D eigenvalue weighted by Gasteiger charge is -2.09. The highest BCUT2D eigenvalue weighted by atomic mass is 32.2. The van der Waals surface area contributed by atoms with Gasteiger partial charge in [0.1, 0.15) is 17.0 Å². The van der Waals surface area contributed by atoms with Gasteiger partial charge in [0.2, 0.25) is 0 Å². The molecule has 0 saturated heterocycles. The van der Waals surface area contributed by atoms with Crippen LogP contribution >= 0.6 is 11.8 Å². The summed E-state index contributed by atoms with van der Waals surface area (Å²) in [4.78, 5) is 0.488. The smallest absolute Gasteiger partial charge is 0.264 e. The highest BCUT2D eigenvalue weighted by molar-refractivity contribution is 7.99. The Morgan fingerprint density at radius 1 is 1.12 bits per heavy atom. The van der Waals surface area contributed by atoms with E-state index in [1.54, 1.807) is 35.2 Å². The van der Waals surface area contributed by atoms with Crippen molar-refractivity contribution >= 4 is 27.5 Å². The molecule has 1 heterocycles. The number of sulfonamides is 1. The molecule has 6 nitrogen and oxygen atoms in total. The van der Waals surface area contributed by atoms with Crippen molar-refractivity contribution < 1.29 is 12.8 Å². The molecule has 0 amide bonds. The Balaban J connectivity index is 1.77. The highest BCUT2D eigenvalue weighted by Crippen LogP contribution is 2.27. The highest BCUT2D eigenvalue weighted by Gasteiger charge is 2.18. The van der Waals surface area contributed by atoms with E-state index in [-0.39, 0.29) is 4.90 Å². The minimum absolute atomic E-state index is 0.348. The van der Waals surface area contributed by atoms with E-state index < -0.39 is 15.8 Å². The number of nitrogens with one attached hydrogen (secondary N) is 1. The topological polar surface area (TPSA) is 76.9 Å². The minimum atomic E-state index is -3.97. The zero-order chi connectivity index (χ0) is 17.2. The second-order valence-electron chi connectivity index (χ2n) is 4.89. The molecule has 24 heavy (non-hydrogen) atoms. The molecule has 124 valence electrons. The fourth-order valence-electron chi connectivity index (χ4n) is 1.93. The van der Waals surface area contributed by atoms with Gasteiger partial charge in [0.25, 0.3) is 10.0 Å². The Bertz CT molecular complexity index is 956. The van der Waals surface area contributed by atoms with Crippen LogP contribution in [0.25, 0.3) is 0 Å². The number of aryl methyl sites for hydroxylation is 1. The number of anilines is 1. The van der Waals surface area contributed by atoms with Gasteiger partial charge in [-0.25, -0.2) is 12.8 Å². The van der Waals surface area contributed by atoms with Gasteiger partial charge in [-0.3, -0.25) is 4.72 Å². The third kappa shape index (κ3) is 3.57. The number of hydrogen-bond donors (Lipinski definition) is 1. The summed E-state index contributed by atoms with van der Waals surface area (Å²) < 4.78 is 42.3. The number of nitrogens with zero attached hydrogens (tertiary/aromatic N) is 3. The van der Waals surface area contributed by atoms with Crippen LogP contribution in [0.2, 0.25) is 0 Å². The fraction of sp³-hybridized carbons (Fsp3) is 0.0667. The van der Waals surface area contributed by atoms with Crippen LogP contribution in [0.5, 0.6) is 0 Å². The normalized spacial score (nSPS) is 11.4. The molecule has 0 aliphatic carbocycles. The Hall–Kier alpha value is -2.39. The summed E-state index contributed by atoms with van der Waals surface area (Å²) in [6.45, 7) is 0. The van der Waals surface area contributed by atoms with E-state index in [0.29, 0.717) is 5.69 Å². The summed E-state index contributed by atoms with van der Waals surface area (Å²) >= 11 is 1.40. The van der Waals surface area contributed by atoms with Crippen LogP contribution in [0, 0.1) is 5.82 Å². The van der Waals surface area contributed by atoms with Crippen molar-refractivity contribution in [3.05, 3.63) is 60.7 Å². The molecule has 3 rings (SSSR count). The third-order valence-electron chi connectivity index (χ3n) is 3.11.